The van der Waals surface area contributed by atoms with Gasteiger partial charge in [-0.3, -0.25) is 0 Å². The molecule has 36 heavy (non-hydrogen) atoms. The Hall–Kier alpha value is 2.17. The molecule has 0 radical (unpaired) electrons. The van der Waals surface area contributed by atoms with Crippen LogP contribution in [0.25, 0.3) is 0 Å². The Labute approximate surface area is 251 Å². The monoisotopic (exact) mass is 736 g/mol. The van der Waals surface area contributed by atoms with Gasteiger partial charge in [-0.2, -0.15) is 0 Å². The van der Waals surface area contributed by atoms with Gasteiger partial charge >= 0.3 is 73.4 Å². The zero-order valence-corrected chi connectivity index (χ0v) is 32.2. The molecule has 2 fully saturated rings. The van der Waals surface area contributed by atoms with E-state index >= 15 is 0 Å². The average molecular weight is 738 g/mol. The van der Waals surface area contributed by atoms with E-state index in [1.165, 1.54) is 75.8 Å². The first-order valence-corrected chi connectivity index (χ1v) is 32.2. The number of benzene rings is 1. The Morgan fingerprint density at radius 3 is 1.36 bits per heavy atom. The van der Waals surface area contributed by atoms with Gasteiger partial charge in [0.15, 0.2) is 0 Å². The van der Waals surface area contributed by atoms with Crippen LogP contribution in [0.2, 0.25) is 39.3 Å². The molecule has 1 aromatic carbocycles. The summed E-state index contributed by atoms with van der Waals surface area (Å²) in [5.41, 5.74) is 2.99. The van der Waals surface area contributed by atoms with Crippen molar-refractivity contribution in [2.24, 2.45) is 0 Å². The van der Waals surface area contributed by atoms with E-state index in [9.17, 15) is 0 Å². The van der Waals surface area contributed by atoms with E-state index in [1.54, 1.807) is 0 Å². The summed E-state index contributed by atoms with van der Waals surface area (Å²) in [6.07, 6.45) is 14.4. The van der Waals surface area contributed by atoms with Gasteiger partial charge in [-0.1, -0.05) is 52.1 Å². The fourth-order valence-electron chi connectivity index (χ4n) is 4.74. The Bertz CT molecular complexity index is 690. The predicted octanol–water partition coefficient (Wildman–Crippen LogP) is 11.9. The van der Waals surface area contributed by atoms with Gasteiger partial charge < -0.3 is 0 Å². The van der Waals surface area contributed by atoms with E-state index in [2.05, 4.69) is 39.3 Å². The molecule has 0 bridgehead atoms. The van der Waals surface area contributed by atoms with Crippen LogP contribution in [0.4, 0.5) is 0 Å². The van der Waals surface area contributed by atoms with Gasteiger partial charge in [0.2, 0.25) is 0 Å². The maximum atomic E-state index is 6.58. The fourth-order valence-corrected chi connectivity index (χ4v) is 27.6. The second-order valence-corrected chi connectivity index (χ2v) is 37.9. The Kier molecular flexibility index (Phi) is 19.4. The molecule has 0 aromatic heterocycles. The molecular formula is C27H52Cl4P2RuSi2+2. The molecule has 0 N–H and O–H groups in total. The van der Waals surface area contributed by atoms with Crippen molar-refractivity contribution in [3.8, 4) is 0 Å². The van der Waals surface area contributed by atoms with Crippen molar-refractivity contribution in [1.29, 1.82) is 0 Å². The minimum absolute atomic E-state index is 0.514. The van der Waals surface area contributed by atoms with E-state index in [0.717, 1.165) is 16.9 Å². The second kappa shape index (κ2) is 19.3. The molecule has 0 nitrogen and oxygen atoms in total. The summed E-state index contributed by atoms with van der Waals surface area (Å²) in [7, 11) is 8.52. The number of hydrogen-bond donors (Lipinski definition) is 0. The van der Waals surface area contributed by atoms with E-state index in [4.69, 9.17) is 41.9 Å². The van der Waals surface area contributed by atoms with Crippen molar-refractivity contribution in [1.82, 2.24) is 0 Å². The molecule has 212 valence electrons. The zero-order chi connectivity index (χ0) is 27.2. The van der Waals surface area contributed by atoms with Crippen LogP contribution < -0.4 is 0 Å². The Morgan fingerprint density at radius 1 is 0.694 bits per heavy atom. The van der Waals surface area contributed by atoms with Crippen LogP contribution in [0.1, 0.15) is 69.8 Å². The van der Waals surface area contributed by atoms with Gasteiger partial charge in [0, 0.05) is 0 Å². The second-order valence-electron chi connectivity index (χ2n) is 12.8. The normalized spacial score (nSPS) is 19.7. The van der Waals surface area contributed by atoms with Crippen molar-refractivity contribution in [2.45, 2.75) is 115 Å². The molecule has 2 atom stereocenters. The summed E-state index contributed by atoms with van der Waals surface area (Å²) < 4.78 is 1.92. The standard InChI is InChI=1S/2C10H22ClPSi.C7H6.2ClH.Ru/c2*1-13(2,3)9-12(11)10-7-5-4-6-8-10;1-7-5-3-2-4-6-7;;;/h2*10H,4-9H2,1-3H3;1-6H;2*1H;/q;;;;;+2. The van der Waals surface area contributed by atoms with Crippen molar-refractivity contribution in [3.63, 3.8) is 0 Å². The molecular weight excluding hydrogens is 685 g/mol. The molecule has 9 heteroatoms. The summed E-state index contributed by atoms with van der Waals surface area (Å²) in [6.45, 7) is 14.7. The summed E-state index contributed by atoms with van der Waals surface area (Å²) >= 11 is 11.5. The third kappa shape index (κ3) is 19.3. The van der Waals surface area contributed by atoms with Gasteiger partial charge in [-0.25, -0.2) is 0 Å². The van der Waals surface area contributed by atoms with Gasteiger partial charge in [0.1, 0.15) is 0 Å². The average Bonchev–Trinajstić information content (AvgIpc) is 2.79. The molecule has 0 heterocycles. The van der Waals surface area contributed by atoms with Crippen LogP contribution in [0.15, 0.2) is 30.3 Å². The quantitative estimate of drug-likeness (QED) is 0.193. The summed E-state index contributed by atoms with van der Waals surface area (Å²) in [5, 5.41) is 0. The van der Waals surface area contributed by atoms with E-state index in [0.29, 0.717) is 0 Å². The first-order valence-electron chi connectivity index (χ1n) is 13.7. The van der Waals surface area contributed by atoms with Crippen molar-refractivity contribution in [2.75, 3.05) is 11.6 Å². The van der Waals surface area contributed by atoms with Gasteiger partial charge in [-0.05, 0) is 51.4 Å². The maximum absolute atomic E-state index is 6.58. The molecule has 0 spiro atoms. The first kappa shape index (κ1) is 36.2. The number of halogens is 4. The topological polar surface area (TPSA) is 0 Å². The fraction of sp³-hybridized carbons (Fsp3) is 0.741. The van der Waals surface area contributed by atoms with Crippen LogP contribution >= 0.6 is 56.4 Å². The van der Waals surface area contributed by atoms with E-state index < -0.39 is 44.2 Å². The molecule has 2 unspecified atom stereocenters. The third-order valence-electron chi connectivity index (χ3n) is 6.49. The van der Waals surface area contributed by atoms with Crippen LogP contribution in [-0.4, -0.2) is 43.6 Å². The Morgan fingerprint density at radius 2 is 1.06 bits per heavy atom. The number of hydrogen-bond acceptors (Lipinski definition) is 0. The summed E-state index contributed by atoms with van der Waals surface area (Å²) in [4.78, 5) is 0. The molecule has 2 saturated carbocycles. The number of rotatable bonds is 7. The minimum atomic E-state index is -1.61. The zero-order valence-electron chi connectivity index (χ0n) is 23.5. The first-order chi connectivity index (χ1) is 16.8. The van der Waals surface area contributed by atoms with Crippen LogP contribution in [0, 0.1) is 0 Å². The molecule has 0 aliphatic heterocycles. The Balaban J connectivity index is 0.000000273. The summed E-state index contributed by atoms with van der Waals surface area (Å²) in [6, 6.07) is 9.89. The van der Waals surface area contributed by atoms with E-state index in [-0.39, 0.29) is 0 Å². The van der Waals surface area contributed by atoms with Crippen LogP contribution in [0.5, 0.6) is 0 Å². The van der Waals surface area contributed by atoms with E-state index in [1.807, 2.05) is 34.9 Å². The predicted molar refractivity (Wildman–Crippen MR) is 182 cm³/mol. The molecule has 2 aliphatic carbocycles. The third-order valence-corrected chi connectivity index (χ3v) is 26.7. The molecule has 1 aromatic rings. The van der Waals surface area contributed by atoms with Gasteiger partial charge in [0.05, 0.1) is 76.1 Å². The molecule has 0 saturated heterocycles. The van der Waals surface area contributed by atoms with Crippen LogP contribution in [-0.2, 0) is 13.5 Å². The molecule has 2 aliphatic rings. The van der Waals surface area contributed by atoms with Crippen molar-refractivity contribution >= 4 is 77.2 Å². The summed E-state index contributed by atoms with van der Waals surface area (Å²) in [5.74, 6) is 2.81. The van der Waals surface area contributed by atoms with Crippen molar-refractivity contribution < 1.29 is 13.5 Å². The van der Waals surface area contributed by atoms with Gasteiger partial charge in [-0.15, -0.1) is 0 Å². The molecule has 3 rings (SSSR count). The van der Waals surface area contributed by atoms with Crippen molar-refractivity contribution in [3.05, 3.63) is 35.9 Å². The molecule has 0 amide bonds. The van der Waals surface area contributed by atoms with Crippen LogP contribution in [0.3, 0.4) is 0 Å². The SMILES string of the molecule is C[Si](C)(C)C[PH+](Cl)C1CCCCC1.C[Si](C)(C)C[PH+](Cl)C1CCCCC1.[Cl][Ru]([Cl])=[CH]c1ccccc1. The van der Waals surface area contributed by atoms with Gasteiger partial charge in [0.25, 0.3) is 0 Å².